The summed E-state index contributed by atoms with van der Waals surface area (Å²) >= 11 is 3.68. The maximum Gasteiger partial charge on any atom is 0.164 e. The zero-order valence-electron chi connectivity index (χ0n) is 47.0. The molecule has 0 N–H and O–H groups in total. The fourth-order valence-corrected chi connectivity index (χ4v) is 14.9. The van der Waals surface area contributed by atoms with Crippen molar-refractivity contribution in [1.82, 2.24) is 19.5 Å². The monoisotopic (exact) mass is 1140 g/mol. The van der Waals surface area contributed by atoms with Crippen LogP contribution in [0.15, 0.2) is 303 Å². The highest BCUT2D eigenvalue weighted by Crippen LogP contribution is 2.46. The van der Waals surface area contributed by atoms with E-state index in [0.717, 1.165) is 66.8 Å². The predicted molar refractivity (Wildman–Crippen MR) is 369 cm³/mol. The minimum Gasteiger partial charge on any atom is -0.308 e. The normalized spacial score (nSPS) is 11.7. The van der Waals surface area contributed by atoms with Crippen LogP contribution in [0.2, 0.25) is 0 Å². The smallest absolute Gasteiger partial charge is 0.164 e. The average Bonchev–Trinajstić information content (AvgIpc) is 4.34. The molecule has 0 unspecified atom stereocenters. The summed E-state index contributed by atoms with van der Waals surface area (Å²) in [6, 6.07) is 110. The van der Waals surface area contributed by atoms with E-state index in [1.165, 1.54) is 84.5 Å². The van der Waals surface area contributed by atoms with Crippen LogP contribution in [-0.4, -0.2) is 19.5 Å². The lowest BCUT2D eigenvalue weighted by Gasteiger charge is -2.21. The van der Waals surface area contributed by atoms with E-state index in [4.69, 9.17) is 15.0 Å². The van der Waals surface area contributed by atoms with Gasteiger partial charge in [0.1, 0.15) is 0 Å². The van der Waals surface area contributed by atoms with Gasteiger partial charge in [-0.3, -0.25) is 0 Å². The Bertz CT molecular complexity index is 5140. The molecule has 0 fully saturated rings. The number of rotatable bonds is 10. The lowest BCUT2D eigenvalue weighted by molar-refractivity contribution is 1.07. The van der Waals surface area contributed by atoms with Gasteiger partial charge in [-0.2, -0.15) is 0 Å². The minimum absolute atomic E-state index is 0.580. The molecular weight excluding hydrogens is 1090 g/mol. The van der Waals surface area contributed by atoms with Crippen molar-refractivity contribution < 1.29 is 0 Å². The van der Waals surface area contributed by atoms with Gasteiger partial charge in [0.05, 0.1) is 16.7 Å². The molecule has 0 spiro atoms. The number of aromatic nitrogens is 4. The zero-order valence-corrected chi connectivity index (χ0v) is 48.6. The summed E-state index contributed by atoms with van der Waals surface area (Å²) < 4.78 is 7.67. The molecule has 4 heterocycles. The molecule has 0 saturated carbocycles. The van der Waals surface area contributed by atoms with Crippen LogP contribution in [0.3, 0.4) is 0 Å². The van der Waals surface area contributed by atoms with E-state index in [9.17, 15) is 0 Å². The van der Waals surface area contributed by atoms with E-state index >= 15 is 0 Å². The Hall–Kier alpha value is -10.9. The van der Waals surface area contributed by atoms with E-state index in [2.05, 4.69) is 308 Å². The molecule has 87 heavy (non-hydrogen) atoms. The number of thiophene rings is 2. The molecule has 0 aliphatic heterocycles. The molecular formula is C81H50N4S2. The molecule has 13 aromatic carbocycles. The number of hydrogen-bond acceptors (Lipinski definition) is 5. The van der Waals surface area contributed by atoms with Crippen molar-refractivity contribution in [3.8, 4) is 107 Å². The topological polar surface area (TPSA) is 43.6 Å². The first kappa shape index (κ1) is 50.6. The van der Waals surface area contributed by atoms with Crippen molar-refractivity contribution in [2.24, 2.45) is 0 Å². The van der Waals surface area contributed by atoms with Gasteiger partial charge in [0.2, 0.25) is 0 Å². The summed E-state index contributed by atoms with van der Waals surface area (Å²) in [5.41, 5.74) is 19.5. The minimum atomic E-state index is 0.580. The maximum atomic E-state index is 5.50. The van der Waals surface area contributed by atoms with Gasteiger partial charge in [0.25, 0.3) is 0 Å². The van der Waals surface area contributed by atoms with Gasteiger partial charge in [0.15, 0.2) is 17.5 Å². The fraction of sp³-hybridized carbons (Fsp3) is 0. The van der Waals surface area contributed by atoms with Gasteiger partial charge in [0, 0.05) is 78.9 Å². The number of fused-ring (bicyclic) bond motifs is 9. The van der Waals surface area contributed by atoms with Crippen LogP contribution in [-0.2, 0) is 0 Å². The maximum absolute atomic E-state index is 5.50. The molecule has 0 amide bonds. The van der Waals surface area contributed by atoms with Crippen molar-refractivity contribution in [2.75, 3.05) is 0 Å². The summed E-state index contributed by atoms with van der Waals surface area (Å²) in [6.45, 7) is 0. The van der Waals surface area contributed by atoms with Crippen LogP contribution in [0.4, 0.5) is 0 Å². The molecule has 406 valence electrons. The van der Waals surface area contributed by atoms with Crippen molar-refractivity contribution in [2.45, 2.75) is 0 Å². The van der Waals surface area contributed by atoms with Gasteiger partial charge in [-0.1, -0.05) is 231 Å². The zero-order chi connectivity index (χ0) is 57.4. The van der Waals surface area contributed by atoms with Gasteiger partial charge >= 0.3 is 0 Å². The quantitative estimate of drug-likeness (QED) is 0.137. The molecule has 6 heteroatoms. The SMILES string of the molecule is c1ccc(-c2ccc3c(c2)c2cc(-c4ccccc4)ccc2n3-c2c(-c3ccccc3)cc(-c3nc(-c4ccc(-c5ccc6sc7ccccc7c6c5)cc4)nc(-c4ccc(-c5ccc6sc7ccccc7c6c5)cc4)n3)cc2-c2ccccc2)cc1. The Kier molecular flexibility index (Phi) is 12.2. The fourth-order valence-electron chi connectivity index (χ4n) is 12.8. The van der Waals surface area contributed by atoms with Crippen LogP contribution >= 0.6 is 22.7 Å². The van der Waals surface area contributed by atoms with E-state index in [1.807, 2.05) is 22.7 Å². The Morgan fingerprint density at radius 1 is 0.207 bits per heavy atom. The molecule has 0 saturated heterocycles. The van der Waals surface area contributed by atoms with Crippen molar-refractivity contribution in [1.29, 1.82) is 0 Å². The number of hydrogen-bond donors (Lipinski definition) is 0. The lowest BCUT2D eigenvalue weighted by atomic mass is 9.92. The van der Waals surface area contributed by atoms with E-state index < -0.39 is 0 Å². The van der Waals surface area contributed by atoms with Crippen molar-refractivity contribution in [3.05, 3.63) is 303 Å². The standard InChI is InChI=1S/C81H50N4S2/c1-5-17-51(18-6-1)59-37-41-72-68(45-59)69-46-60(52-19-7-2-8-20-52)38-42-73(69)85(72)78-66(55-21-9-3-10-22-55)49-63(50-67(78)56-23-11-4-12-24-56)81-83-79(57-33-29-53(30-34-57)61-39-43-76-70(47-61)64-25-13-15-27-74(64)86-76)82-80(84-81)58-35-31-54(32-36-58)62-40-44-77-71(48-62)65-26-14-16-28-75(65)87-77/h1-50H. The van der Waals surface area contributed by atoms with Gasteiger partial charge in [-0.05, 0) is 128 Å². The first-order valence-electron chi connectivity index (χ1n) is 29.4. The first-order valence-corrected chi connectivity index (χ1v) is 31.0. The second-order valence-corrected chi connectivity index (χ2v) is 24.4. The van der Waals surface area contributed by atoms with Crippen molar-refractivity contribution in [3.63, 3.8) is 0 Å². The molecule has 0 bridgehead atoms. The third-order valence-corrected chi connectivity index (χ3v) is 19.4. The second-order valence-electron chi connectivity index (χ2n) is 22.3. The summed E-state index contributed by atoms with van der Waals surface area (Å²) in [5, 5.41) is 7.48. The molecule has 0 aliphatic rings. The van der Waals surface area contributed by atoms with Gasteiger partial charge < -0.3 is 4.57 Å². The van der Waals surface area contributed by atoms with Gasteiger partial charge in [-0.25, -0.2) is 15.0 Å². The predicted octanol–water partition coefficient (Wildman–Crippen LogP) is 22.7. The molecule has 17 rings (SSSR count). The second kappa shape index (κ2) is 21.0. The molecule has 4 nitrogen and oxygen atoms in total. The van der Waals surface area contributed by atoms with E-state index in [1.54, 1.807) is 0 Å². The Morgan fingerprint density at radius 3 is 0.920 bits per heavy atom. The molecule has 4 aromatic heterocycles. The van der Waals surface area contributed by atoms with Crippen LogP contribution in [0.1, 0.15) is 0 Å². The highest BCUT2D eigenvalue weighted by Gasteiger charge is 2.24. The average molecular weight is 1140 g/mol. The largest absolute Gasteiger partial charge is 0.308 e. The highest BCUT2D eigenvalue weighted by atomic mass is 32.1. The lowest BCUT2D eigenvalue weighted by Crippen LogP contribution is -2.04. The summed E-state index contributed by atoms with van der Waals surface area (Å²) in [4.78, 5) is 16.4. The molecule has 17 aromatic rings. The highest BCUT2D eigenvalue weighted by molar-refractivity contribution is 7.26. The third-order valence-electron chi connectivity index (χ3n) is 17.1. The third kappa shape index (κ3) is 9.01. The van der Waals surface area contributed by atoms with E-state index in [-0.39, 0.29) is 0 Å². The number of benzene rings is 13. The number of nitrogens with zero attached hydrogens (tertiary/aromatic N) is 4. The summed E-state index contributed by atoms with van der Waals surface area (Å²) in [7, 11) is 0. The van der Waals surface area contributed by atoms with Gasteiger partial charge in [-0.15, -0.1) is 22.7 Å². The molecule has 0 aliphatic carbocycles. The Morgan fingerprint density at radius 2 is 0.506 bits per heavy atom. The first-order chi connectivity index (χ1) is 43.1. The van der Waals surface area contributed by atoms with Crippen LogP contribution in [0.25, 0.3) is 169 Å². The van der Waals surface area contributed by atoms with Crippen molar-refractivity contribution >= 4 is 84.8 Å². The summed E-state index contributed by atoms with van der Waals surface area (Å²) in [6.07, 6.45) is 0. The van der Waals surface area contributed by atoms with Crippen LogP contribution < -0.4 is 0 Å². The van der Waals surface area contributed by atoms with E-state index in [0.29, 0.717) is 17.5 Å². The molecule has 0 radical (unpaired) electrons. The van der Waals surface area contributed by atoms with Crippen LogP contribution in [0.5, 0.6) is 0 Å². The Labute approximate surface area is 510 Å². The Balaban J connectivity index is 0.867. The molecule has 0 atom stereocenters. The summed E-state index contributed by atoms with van der Waals surface area (Å²) in [5.74, 6) is 1.77. The van der Waals surface area contributed by atoms with Crippen LogP contribution in [0, 0.1) is 0 Å².